The van der Waals surface area contributed by atoms with Gasteiger partial charge in [-0.2, -0.15) is 10.2 Å². The lowest BCUT2D eigenvalue weighted by Gasteiger charge is -2.13. The Morgan fingerprint density at radius 3 is 2.66 bits per heavy atom. The van der Waals surface area contributed by atoms with Crippen LogP contribution in [0.2, 0.25) is 0 Å². The maximum Gasteiger partial charge on any atom is 0.223 e. The summed E-state index contributed by atoms with van der Waals surface area (Å²) in [4.78, 5) is 8.98. The number of nitrogens with zero attached hydrogens (tertiary/aromatic N) is 4. The first-order valence-corrected chi connectivity index (χ1v) is 10.1. The highest BCUT2D eigenvalue weighted by Gasteiger charge is 2.16. The number of halogens is 1. The first-order valence-electron chi connectivity index (χ1n) is 10.1. The number of nitriles is 1. The van der Waals surface area contributed by atoms with Crippen molar-refractivity contribution in [3.05, 3.63) is 71.3 Å². The van der Waals surface area contributed by atoms with Gasteiger partial charge in [0.1, 0.15) is 11.3 Å². The molecule has 0 aliphatic rings. The van der Waals surface area contributed by atoms with Crippen LogP contribution in [0.5, 0.6) is 17.4 Å². The molecule has 32 heavy (non-hydrogen) atoms. The summed E-state index contributed by atoms with van der Waals surface area (Å²) in [5.74, 6) is 1.02. The summed E-state index contributed by atoms with van der Waals surface area (Å²) in [7, 11) is 3.49. The third-order valence-corrected chi connectivity index (χ3v) is 5.15. The number of fused-ring (bicyclic) bond motifs is 1. The van der Waals surface area contributed by atoms with Gasteiger partial charge in [-0.1, -0.05) is 19.1 Å². The molecular weight excluding hydrogens is 409 g/mol. The van der Waals surface area contributed by atoms with Gasteiger partial charge in [0.05, 0.1) is 30.6 Å². The number of methoxy groups -OCH3 is 1. The van der Waals surface area contributed by atoms with Crippen LogP contribution in [-0.4, -0.2) is 21.6 Å². The Labute approximate surface area is 185 Å². The summed E-state index contributed by atoms with van der Waals surface area (Å²) in [6, 6.07) is 14.2. The zero-order valence-corrected chi connectivity index (χ0v) is 18.0. The van der Waals surface area contributed by atoms with Crippen molar-refractivity contribution in [2.75, 3.05) is 12.4 Å². The minimum atomic E-state index is -0.597. The summed E-state index contributed by atoms with van der Waals surface area (Å²) >= 11 is 0. The smallest absolute Gasteiger partial charge is 0.223 e. The second-order valence-electron chi connectivity index (χ2n) is 7.25. The topological polar surface area (TPSA) is 85.0 Å². The van der Waals surface area contributed by atoms with Gasteiger partial charge in [-0.3, -0.25) is 0 Å². The van der Waals surface area contributed by atoms with Gasteiger partial charge >= 0.3 is 0 Å². The van der Waals surface area contributed by atoms with Crippen molar-refractivity contribution in [1.82, 2.24) is 14.5 Å². The monoisotopic (exact) mass is 431 g/mol. The van der Waals surface area contributed by atoms with Crippen LogP contribution in [0, 0.1) is 17.1 Å². The van der Waals surface area contributed by atoms with Gasteiger partial charge in [0.15, 0.2) is 17.4 Å². The molecule has 0 saturated carbocycles. The molecule has 2 aromatic heterocycles. The lowest BCUT2D eigenvalue weighted by molar-refractivity contribution is 0.414. The molecule has 0 aliphatic carbocycles. The number of hydrogen-bond donors (Lipinski definition) is 1. The normalized spacial score (nSPS) is 10.7. The van der Waals surface area contributed by atoms with E-state index in [0.29, 0.717) is 29.9 Å². The average Bonchev–Trinajstić information content (AvgIpc) is 3.19. The molecule has 0 radical (unpaired) electrons. The molecule has 0 fully saturated rings. The highest BCUT2D eigenvalue weighted by molar-refractivity contribution is 5.87. The van der Waals surface area contributed by atoms with E-state index in [2.05, 4.69) is 15.3 Å². The van der Waals surface area contributed by atoms with Crippen LogP contribution in [0.3, 0.4) is 0 Å². The van der Waals surface area contributed by atoms with E-state index in [9.17, 15) is 4.39 Å². The third kappa shape index (κ3) is 4.18. The third-order valence-electron chi connectivity index (χ3n) is 5.15. The van der Waals surface area contributed by atoms with Crippen molar-refractivity contribution in [2.45, 2.75) is 19.9 Å². The van der Waals surface area contributed by atoms with Crippen LogP contribution < -0.4 is 14.8 Å². The lowest BCUT2D eigenvalue weighted by Crippen LogP contribution is -2.04. The van der Waals surface area contributed by atoms with Crippen molar-refractivity contribution < 1.29 is 13.9 Å². The molecule has 0 atom stereocenters. The number of aromatic nitrogens is 3. The van der Waals surface area contributed by atoms with Gasteiger partial charge in [-0.05, 0) is 41.8 Å². The second kappa shape index (κ2) is 8.94. The SMILES string of the molecule is CCc1cc(C#N)cc(F)c1Oc1cc2c(ncn2C)c(NCc2ccc(OC)cc2)n1. The molecule has 0 unspecified atom stereocenters. The van der Waals surface area contributed by atoms with Gasteiger partial charge in [-0.15, -0.1) is 0 Å². The minimum absolute atomic E-state index is 0.0709. The number of rotatable bonds is 7. The molecule has 162 valence electrons. The van der Waals surface area contributed by atoms with Crippen molar-refractivity contribution in [3.63, 3.8) is 0 Å². The van der Waals surface area contributed by atoms with E-state index in [0.717, 1.165) is 16.8 Å². The zero-order valence-electron chi connectivity index (χ0n) is 18.0. The number of pyridine rings is 1. The number of aryl methyl sites for hydroxylation is 2. The van der Waals surface area contributed by atoms with Crippen molar-refractivity contribution >= 4 is 16.9 Å². The van der Waals surface area contributed by atoms with Crippen LogP contribution in [0.1, 0.15) is 23.6 Å². The van der Waals surface area contributed by atoms with E-state index in [-0.39, 0.29) is 17.2 Å². The second-order valence-corrected chi connectivity index (χ2v) is 7.25. The molecule has 1 N–H and O–H groups in total. The number of nitrogens with one attached hydrogen (secondary N) is 1. The Morgan fingerprint density at radius 2 is 1.97 bits per heavy atom. The molecule has 8 heteroatoms. The van der Waals surface area contributed by atoms with Crippen molar-refractivity contribution in [1.29, 1.82) is 5.26 Å². The molecule has 0 bridgehead atoms. The quantitative estimate of drug-likeness (QED) is 0.445. The van der Waals surface area contributed by atoms with Crippen LogP contribution in [-0.2, 0) is 20.0 Å². The predicted octanol–water partition coefficient (Wildman–Crippen LogP) is 4.95. The fourth-order valence-corrected chi connectivity index (χ4v) is 3.41. The highest BCUT2D eigenvalue weighted by atomic mass is 19.1. The number of imidazole rings is 1. The van der Waals surface area contributed by atoms with E-state index in [1.165, 1.54) is 6.07 Å². The summed E-state index contributed by atoms with van der Waals surface area (Å²) < 4.78 is 27.6. The first-order chi connectivity index (χ1) is 15.5. The lowest BCUT2D eigenvalue weighted by atomic mass is 10.1. The Balaban J connectivity index is 1.68. The molecular formula is C24H22FN5O2. The maximum absolute atomic E-state index is 14.7. The molecule has 2 aromatic carbocycles. The van der Waals surface area contributed by atoms with Crippen molar-refractivity contribution in [2.24, 2.45) is 7.05 Å². The Morgan fingerprint density at radius 1 is 1.19 bits per heavy atom. The van der Waals surface area contributed by atoms with Gasteiger partial charge < -0.3 is 19.4 Å². The summed E-state index contributed by atoms with van der Waals surface area (Å²) in [5.41, 5.74) is 3.36. The number of ether oxygens (including phenoxy) is 2. The molecule has 0 amide bonds. The highest BCUT2D eigenvalue weighted by Crippen LogP contribution is 2.32. The number of hydrogen-bond acceptors (Lipinski definition) is 6. The molecule has 4 aromatic rings. The largest absolute Gasteiger partial charge is 0.497 e. The number of benzene rings is 2. The predicted molar refractivity (Wildman–Crippen MR) is 119 cm³/mol. The Kier molecular flexibility index (Phi) is 5.90. The molecule has 2 heterocycles. The van der Waals surface area contributed by atoms with Crippen LogP contribution in [0.15, 0.2) is 48.8 Å². The van der Waals surface area contributed by atoms with E-state index >= 15 is 0 Å². The Hall–Kier alpha value is -4.12. The number of anilines is 1. The fraction of sp³-hybridized carbons (Fsp3) is 0.208. The van der Waals surface area contributed by atoms with Gasteiger partial charge in [-0.25, -0.2) is 9.37 Å². The first kappa shape index (κ1) is 21.1. The molecule has 0 saturated heterocycles. The van der Waals surface area contributed by atoms with Crippen molar-refractivity contribution in [3.8, 4) is 23.4 Å². The van der Waals surface area contributed by atoms with Gasteiger partial charge in [0.2, 0.25) is 5.88 Å². The summed E-state index contributed by atoms with van der Waals surface area (Å²) in [6.45, 7) is 2.39. The fourth-order valence-electron chi connectivity index (χ4n) is 3.41. The zero-order chi connectivity index (χ0) is 22.7. The molecule has 0 spiro atoms. The van der Waals surface area contributed by atoms with Gasteiger partial charge in [0.25, 0.3) is 0 Å². The average molecular weight is 431 g/mol. The van der Waals surface area contributed by atoms with E-state index in [1.807, 2.05) is 48.9 Å². The molecule has 0 aliphatic heterocycles. The van der Waals surface area contributed by atoms with Crippen LogP contribution in [0.25, 0.3) is 11.0 Å². The summed E-state index contributed by atoms with van der Waals surface area (Å²) in [6.07, 6.45) is 2.20. The van der Waals surface area contributed by atoms with Crippen LogP contribution >= 0.6 is 0 Å². The van der Waals surface area contributed by atoms with E-state index in [4.69, 9.17) is 14.7 Å². The maximum atomic E-state index is 14.7. The van der Waals surface area contributed by atoms with Gasteiger partial charge in [0, 0.05) is 19.7 Å². The van der Waals surface area contributed by atoms with Crippen LogP contribution in [0.4, 0.5) is 10.2 Å². The summed E-state index contributed by atoms with van der Waals surface area (Å²) in [5, 5.41) is 12.4. The Bertz CT molecular complexity index is 1310. The standard InChI is InChI=1S/C24H22FN5O2/c1-4-17-9-16(12-26)10-19(25)23(17)32-21-11-20-22(28-14-30(20)2)24(29-21)27-13-15-5-7-18(31-3)8-6-15/h5-11,14H,4,13H2,1-3H3,(H,27,29). The van der Waals surface area contributed by atoms with E-state index < -0.39 is 5.82 Å². The van der Waals surface area contributed by atoms with E-state index in [1.54, 1.807) is 25.6 Å². The molecule has 7 nitrogen and oxygen atoms in total. The minimum Gasteiger partial charge on any atom is -0.497 e. The molecule has 4 rings (SSSR count).